The Balaban J connectivity index is 1.59. The third kappa shape index (κ3) is 3.74. The summed E-state index contributed by atoms with van der Waals surface area (Å²) < 4.78 is 1.29. The number of aryl methyl sites for hydroxylation is 1. The number of anilines is 1. The molecule has 1 N–H and O–H groups in total. The molecule has 0 bridgehead atoms. The van der Waals surface area contributed by atoms with Crippen LogP contribution in [0.15, 0.2) is 18.2 Å². The number of thiazole rings is 1. The number of rotatable bonds is 4. The van der Waals surface area contributed by atoms with Crippen molar-refractivity contribution >= 4 is 27.2 Å². The van der Waals surface area contributed by atoms with Gasteiger partial charge >= 0.3 is 0 Å². The van der Waals surface area contributed by atoms with Crippen molar-refractivity contribution in [3.05, 3.63) is 23.2 Å². The summed E-state index contributed by atoms with van der Waals surface area (Å²) in [6, 6.07) is 7.16. The quantitative estimate of drug-likeness (QED) is 0.920. The lowest BCUT2D eigenvalue weighted by Crippen LogP contribution is -2.40. The van der Waals surface area contributed by atoms with E-state index in [0.717, 1.165) is 16.4 Å². The van der Waals surface area contributed by atoms with E-state index in [9.17, 15) is 0 Å². The predicted octanol–water partition coefficient (Wildman–Crippen LogP) is 4.14. The van der Waals surface area contributed by atoms with Gasteiger partial charge in [0, 0.05) is 31.4 Å². The molecule has 114 valence electrons. The van der Waals surface area contributed by atoms with Gasteiger partial charge in [-0.1, -0.05) is 13.8 Å². The summed E-state index contributed by atoms with van der Waals surface area (Å²) in [4.78, 5) is 7.12. The normalized spacial score (nSPS) is 17.7. The van der Waals surface area contributed by atoms with Crippen LogP contribution in [0.25, 0.3) is 10.2 Å². The van der Waals surface area contributed by atoms with Gasteiger partial charge in [-0.3, -0.25) is 0 Å². The maximum absolute atomic E-state index is 4.52. The molecule has 1 aliphatic heterocycles. The first-order valence-corrected chi connectivity index (χ1v) is 8.78. The van der Waals surface area contributed by atoms with E-state index in [4.69, 9.17) is 0 Å². The molecular formula is C17H25N3S. The van der Waals surface area contributed by atoms with Crippen molar-refractivity contribution in [1.29, 1.82) is 0 Å². The molecule has 3 rings (SSSR count). The largest absolute Gasteiger partial charge is 0.382 e. The zero-order valence-electron chi connectivity index (χ0n) is 13.2. The molecular weight excluding hydrogens is 278 g/mol. The maximum atomic E-state index is 4.52. The summed E-state index contributed by atoms with van der Waals surface area (Å²) in [5, 5.41) is 4.85. The third-order valence-corrected chi connectivity index (χ3v) is 5.01. The number of nitrogens with zero attached hydrogens (tertiary/aromatic N) is 2. The van der Waals surface area contributed by atoms with Gasteiger partial charge < -0.3 is 10.2 Å². The highest BCUT2D eigenvalue weighted by Crippen LogP contribution is 2.26. The molecule has 21 heavy (non-hydrogen) atoms. The van der Waals surface area contributed by atoms with E-state index < -0.39 is 0 Å². The molecule has 0 aliphatic carbocycles. The molecule has 1 aliphatic rings. The molecule has 1 aromatic heterocycles. The molecule has 1 fully saturated rings. The minimum absolute atomic E-state index is 0.611. The highest BCUT2D eigenvalue weighted by atomic mass is 32.1. The average molecular weight is 303 g/mol. The molecule has 0 radical (unpaired) electrons. The Morgan fingerprint density at radius 2 is 2.10 bits per heavy atom. The summed E-state index contributed by atoms with van der Waals surface area (Å²) in [5.74, 6) is 0.770. The molecule has 0 unspecified atom stereocenters. The molecule has 1 aromatic carbocycles. The van der Waals surface area contributed by atoms with Gasteiger partial charge in [-0.15, -0.1) is 11.3 Å². The zero-order valence-corrected chi connectivity index (χ0v) is 14.0. The predicted molar refractivity (Wildman–Crippen MR) is 92.3 cm³/mol. The number of benzene rings is 1. The Kier molecular flexibility index (Phi) is 4.45. The lowest BCUT2D eigenvalue weighted by molar-refractivity contribution is 0.198. The number of piperidine rings is 1. The second-order valence-corrected chi connectivity index (χ2v) is 7.76. The Hall–Kier alpha value is -1.13. The van der Waals surface area contributed by atoms with Crippen LogP contribution < -0.4 is 5.32 Å². The molecule has 2 heterocycles. The van der Waals surface area contributed by atoms with Crippen molar-refractivity contribution in [2.75, 3.05) is 25.0 Å². The van der Waals surface area contributed by atoms with Crippen molar-refractivity contribution in [1.82, 2.24) is 9.88 Å². The third-order valence-electron chi connectivity index (χ3n) is 4.08. The smallest absolute Gasteiger partial charge is 0.0907 e. The summed E-state index contributed by atoms with van der Waals surface area (Å²) in [6.45, 7) is 10.4. The van der Waals surface area contributed by atoms with Crippen LogP contribution in [0.5, 0.6) is 0 Å². The van der Waals surface area contributed by atoms with Crippen molar-refractivity contribution in [2.24, 2.45) is 5.92 Å². The molecule has 0 atom stereocenters. The molecule has 0 amide bonds. The fraction of sp³-hybridized carbons (Fsp3) is 0.588. The van der Waals surface area contributed by atoms with Crippen LogP contribution in [-0.2, 0) is 0 Å². The highest BCUT2D eigenvalue weighted by molar-refractivity contribution is 7.18. The molecule has 0 spiro atoms. The maximum Gasteiger partial charge on any atom is 0.0907 e. The second-order valence-electron chi connectivity index (χ2n) is 6.53. The second kappa shape index (κ2) is 6.32. The molecule has 2 aromatic rings. The fourth-order valence-electron chi connectivity index (χ4n) is 3.14. The standard InChI is InChI=1S/C17H25N3S/c1-12(2)11-20-8-6-14(7-9-20)19-15-4-5-16-17(10-15)21-13(3)18-16/h4-5,10,12,14,19H,6-9,11H2,1-3H3. The van der Waals surface area contributed by atoms with E-state index in [1.807, 2.05) is 0 Å². The van der Waals surface area contributed by atoms with Crippen molar-refractivity contribution < 1.29 is 0 Å². The number of likely N-dealkylation sites (tertiary alicyclic amines) is 1. The summed E-state index contributed by atoms with van der Waals surface area (Å²) in [6.07, 6.45) is 2.49. The van der Waals surface area contributed by atoms with E-state index in [2.05, 4.69) is 54.2 Å². The van der Waals surface area contributed by atoms with Crippen LogP contribution in [0.4, 0.5) is 5.69 Å². The summed E-state index contributed by atoms with van der Waals surface area (Å²) in [5.41, 5.74) is 2.36. The van der Waals surface area contributed by atoms with Crippen LogP contribution in [0.1, 0.15) is 31.7 Å². The van der Waals surface area contributed by atoms with Gasteiger partial charge in [-0.2, -0.15) is 0 Å². The number of aromatic nitrogens is 1. The molecule has 1 saturated heterocycles. The van der Waals surface area contributed by atoms with Crippen LogP contribution in [0, 0.1) is 12.8 Å². The van der Waals surface area contributed by atoms with Crippen molar-refractivity contribution in [3.63, 3.8) is 0 Å². The first kappa shape index (κ1) is 14.8. The lowest BCUT2D eigenvalue weighted by atomic mass is 10.0. The van der Waals surface area contributed by atoms with Crippen LogP contribution in [0.3, 0.4) is 0 Å². The summed E-state index contributed by atoms with van der Waals surface area (Å²) in [7, 11) is 0. The van der Waals surface area contributed by atoms with Gasteiger partial charge in [0.05, 0.1) is 15.2 Å². The SMILES string of the molecule is Cc1nc2ccc(NC3CCN(CC(C)C)CC3)cc2s1. The van der Waals surface area contributed by atoms with E-state index in [-0.39, 0.29) is 0 Å². The van der Waals surface area contributed by atoms with E-state index in [1.54, 1.807) is 11.3 Å². The Labute approximate surface area is 131 Å². The zero-order chi connectivity index (χ0) is 14.8. The highest BCUT2D eigenvalue weighted by Gasteiger charge is 2.19. The van der Waals surface area contributed by atoms with Crippen LogP contribution in [0.2, 0.25) is 0 Å². The Morgan fingerprint density at radius 3 is 2.81 bits per heavy atom. The number of fused-ring (bicyclic) bond motifs is 1. The van der Waals surface area contributed by atoms with E-state index >= 15 is 0 Å². The Bertz CT molecular complexity index is 597. The van der Waals surface area contributed by atoms with E-state index in [1.165, 1.54) is 42.9 Å². The summed E-state index contributed by atoms with van der Waals surface area (Å²) >= 11 is 1.78. The van der Waals surface area contributed by atoms with Gasteiger partial charge in [0.1, 0.15) is 0 Å². The molecule has 0 saturated carbocycles. The monoisotopic (exact) mass is 303 g/mol. The first-order chi connectivity index (χ1) is 10.1. The van der Waals surface area contributed by atoms with Gasteiger partial charge in [0.25, 0.3) is 0 Å². The van der Waals surface area contributed by atoms with Crippen LogP contribution in [-0.4, -0.2) is 35.6 Å². The van der Waals surface area contributed by atoms with E-state index in [0.29, 0.717) is 6.04 Å². The van der Waals surface area contributed by atoms with Gasteiger partial charge in [0.15, 0.2) is 0 Å². The number of nitrogens with one attached hydrogen (secondary N) is 1. The lowest BCUT2D eigenvalue weighted by Gasteiger charge is -2.33. The van der Waals surface area contributed by atoms with Crippen LogP contribution >= 0.6 is 11.3 Å². The van der Waals surface area contributed by atoms with Crippen molar-refractivity contribution in [3.8, 4) is 0 Å². The number of hydrogen-bond donors (Lipinski definition) is 1. The minimum Gasteiger partial charge on any atom is -0.382 e. The molecule has 4 heteroatoms. The minimum atomic E-state index is 0.611. The fourth-order valence-corrected chi connectivity index (χ4v) is 4.01. The van der Waals surface area contributed by atoms with Crippen molar-refractivity contribution in [2.45, 2.75) is 39.7 Å². The average Bonchev–Trinajstić information content (AvgIpc) is 2.80. The van der Waals surface area contributed by atoms with Gasteiger partial charge in [-0.05, 0) is 43.9 Å². The molecule has 3 nitrogen and oxygen atoms in total. The van der Waals surface area contributed by atoms with Gasteiger partial charge in [-0.25, -0.2) is 4.98 Å². The first-order valence-electron chi connectivity index (χ1n) is 7.96. The van der Waals surface area contributed by atoms with Gasteiger partial charge in [0.2, 0.25) is 0 Å². The Morgan fingerprint density at radius 1 is 1.33 bits per heavy atom. The number of hydrogen-bond acceptors (Lipinski definition) is 4. The topological polar surface area (TPSA) is 28.2 Å².